The lowest BCUT2D eigenvalue weighted by Crippen LogP contribution is -2.33. The first-order valence-electron chi connectivity index (χ1n) is 10.5. The van der Waals surface area contributed by atoms with Crippen molar-refractivity contribution in [3.05, 3.63) is 63.4 Å². The molecule has 6 nitrogen and oxygen atoms in total. The molecule has 0 amide bonds. The minimum atomic E-state index is -0.437. The number of benzene rings is 2. The Bertz CT molecular complexity index is 1140. The fourth-order valence-corrected chi connectivity index (χ4v) is 4.21. The summed E-state index contributed by atoms with van der Waals surface area (Å²) in [5, 5.41) is 0.486. The van der Waals surface area contributed by atoms with Crippen molar-refractivity contribution in [1.82, 2.24) is 9.55 Å². The number of fused-ring (bicyclic) bond motifs is 1. The van der Waals surface area contributed by atoms with Crippen molar-refractivity contribution in [1.29, 1.82) is 0 Å². The Kier molecular flexibility index (Phi) is 5.57. The number of anilines is 1. The van der Waals surface area contributed by atoms with Gasteiger partial charge >= 0.3 is 5.97 Å². The van der Waals surface area contributed by atoms with Crippen LogP contribution in [0.2, 0.25) is 0 Å². The van der Waals surface area contributed by atoms with Crippen LogP contribution in [0.15, 0.2) is 41.2 Å². The van der Waals surface area contributed by atoms with Gasteiger partial charge in [0.25, 0.3) is 5.56 Å². The third-order valence-corrected chi connectivity index (χ3v) is 5.63. The zero-order valence-electron chi connectivity index (χ0n) is 17.8. The molecule has 4 rings (SSSR count). The number of esters is 1. The quantitative estimate of drug-likeness (QED) is 0.612. The van der Waals surface area contributed by atoms with Crippen molar-refractivity contribution < 1.29 is 9.53 Å². The van der Waals surface area contributed by atoms with Crippen molar-refractivity contribution in [2.45, 2.75) is 39.5 Å². The molecule has 2 heterocycles. The minimum absolute atomic E-state index is 0.124. The molecule has 0 unspecified atom stereocenters. The normalized spacial score (nSPS) is 14.6. The molecular weight excluding hydrogens is 378 g/mol. The SMILES string of the molecule is COC(=O)c1ccc2c(=O)n(-c3cc(C)cc(C)c3)c(N3CCCCCC3)nc2c1. The van der Waals surface area contributed by atoms with Crippen LogP contribution in [-0.2, 0) is 4.74 Å². The van der Waals surface area contributed by atoms with Crippen molar-refractivity contribution >= 4 is 22.8 Å². The highest BCUT2D eigenvalue weighted by atomic mass is 16.5. The molecule has 1 fully saturated rings. The Balaban J connectivity index is 1.99. The van der Waals surface area contributed by atoms with E-state index in [-0.39, 0.29) is 5.56 Å². The molecule has 2 aromatic carbocycles. The largest absolute Gasteiger partial charge is 0.465 e. The van der Waals surface area contributed by atoms with Gasteiger partial charge in [-0.05, 0) is 68.1 Å². The number of ether oxygens (including phenoxy) is 1. The summed E-state index contributed by atoms with van der Waals surface area (Å²) < 4.78 is 6.57. The smallest absolute Gasteiger partial charge is 0.337 e. The molecule has 0 radical (unpaired) electrons. The van der Waals surface area contributed by atoms with Gasteiger partial charge in [-0.1, -0.05) is 18.9 Å². The third kappa shape index (κ3) is 3.82. The standard InChI is InChI=1S/C24H27N3O3/c1-16-12-17(2)14-19(13-16)27-22(28)20-9-8-18(23(29)30-3)15-21(20)25-24(27)26-10-6-4-5-7-11-26/h8-9,12-15H,4-7,10-11H2,1-3H3. The van der Waals surface area contributed by atoms with Gasteiger partial charge in [0, 0.05) is 13.1 Å². The van der Waals surface area contributed by atoms with Crippen molar-refractivity contribution in [3.8, 4) is 5.69 Å². The Morgan fingerprint density at radius 3 is 2.27 bits per heavy atom. The van der Waals surface area contributed by atoms with E-state index in [9.17, 15) is 9.59 Å². The van der Waals surface area contributed by atoms with Crippen molar-refractivity contribution in [3.63, 3.8) is 0 Å². The molecule has 30 heavy (non-hydrogen) atoms. The zero-order valence-corrected chi connectivity index (χ0v) is 17.8. The molecule has 0 aliphatic carbocycles. The van der Waals surface area contributed by atoms with E-state index in [1.165, 1.54) is 20.0 Å². The average molecular weight is 405 g/mol. The molecule has 0 bridgehead atoms. The molecule has 0 N–H and O–H groups in total. The first-order valence-corrected chi connectivity index (χ1v) is 10.5. The maximum atomic E-state index is 13.6. The van der Waals surface area contributed by atoms with Gasteiger partial charge in [-0.25, -0.2) is 14.3 Å². The molecule has 6 heteroatoms. The van der Waals surface area contributed by atoms with E-state index in [1.54, 1.807) is 22.8 Å². The van der Waals surface area contributed by atoms with Crippen LogP contribution in [0.5, 0.6) is 0 Å². The molecule has 0 saturated carbocycles. The maximum Gasteiger partial charge on any atom is 0.337 e. The molecule has 1 aromatic heterocycles. The third-order valence-electron chi connectivity index (χ3n) is 5.63. The van der Waals surface area contributed by atoms with Gasteiger partial charge < -0.3 is 9.64 Å². The zero-order chi connectivity index (χ0) is 21.3. The van der Waals surface area contributed by atoms with Crippen LogP contribution in [0.1, 0.15) is 47.2 Å². The second kappa shape index (κ2) is 8.30. The van der Waals surface area contributed by atoms with Gasteiger partial charge in [0.2, 0.25) is 5.95 Å². The van der Waals surface area contributed by atoms with E-state index in [4.69, 9.17) is 9.72 Å². The summed E-state index contributed by atoms with van der Waals surface area (Å²) in [6, 6.07) is 11.1. The van der Waals surface area contributed by atoms with Crippen LogP contribution in [0.3, 0.4) is 0 Å². The molecule has 3 aromatic rings. The van der Waals surface area contributed by atoms with E-state index in [0.29, 0.717) is 22.4 Å². The number of methoxy groups -OCH3 is 1. The number of rotatable bonds is 3. The second-order valence-electron chi connectivity index (χ2n) is 8.02. The molecule has 1 aliphatic heterocycles. The maximum absolute atomic E-state index is 13.6. The summed E-state index contributed by atoms with van der Waals surface area (Å²) in [5.41, 5.74) is 3.80. The van der Waals surface area contributed by atoms with Crippen molar-refractivity contribution in [2.24, 2.45) is 0 Å². The van der Waals surface area contributed by atoms with Crippen LogP contribution in [0.25, 0.3) is 16.6 Å². The molecule has 1 aliphatic rings. The van der Waals surface area contributed by atoms with Crippen LogP contribution in [-0.4, -0.2) is 35.7 Å². The fourth-order valence-electron chi connectivity index (χ4n) is 4.21. The van der Waals surface area contributed by atoms with E-state index >= 15 is 0 Å². The van der Waals surface area contributed by atoms with Crippen LogP contribution in [0, 0.1) is 13.8 Å². The van der Waals surface area contributed by atoms with Gasteiger partial charge in [-0.3, -0.25) is 4.79 Å². The number of aryl methyl sites for hydroxylation is 2. The van der Waals surface area contributed by atoms with Gasteiger partial charge in [0.15, 0.2) is 0 Å². The summed E-state index contributed by atoms with van der Waals surface area (Å²) >= 11 is 0. The number of carbonyl (C=O) groups excluding carboxylic acids is 1. The molecule has 0 atom stereocenters. The Hall–Kier alpha value is -3.15. The lowest BCUT2D eigenvalue weighted by atomic mass is 10.1. The van der Waals surface area contributed by atoms with Gasteiger partial charge in [0.1, 0.15) is 0 Å². The van der Waals surface area contributed by atoms with E-state index < -0.39 is 5.97 Å². The molecule has 1 saturated heterocycles. The topological polar surface area (TPSA) is 64.4 Å². The first-order chi connectivity index (χ1) is 14.5. The molecule has 156 valence electrons. The Morgan fingerprint density at radius 1 is 0.967 bits per heavy atom. The van der Waals surface area contributed by atoms with Crippen molar-refractivity contribution in [2.75, 3.05) is 25.1 Å². The number of hydrogen-bond acceptors (Lipinski definition) is 5. The minimum Gasteiger partial charge on any atom is -0.465 e. The van der Waals surface area contributed by atoms with Crippen LogP contribution >= 0.6 is 0 Å². The molecular formula is C24H27N3O3. The number of aromatic nitrogens is 2. The highest BCUT2D eigenvalue weighted by Crippen LogP contribution is 2.24. The van der Waals surface area contributed by atoms with Crippen LogP contribution < -0.4 is 10.5 Å². The predicted octanol–water partition coefficient (Wildman–Crippen LogP) is 4.17. The van der Waals surface area contributed by atoms with E-state index in [0.717, 1.165) is 42.7 Å². The first kappa shape index (κ1) is 20.1. The molecule has 0 spiro atoms. The van der Waals surface area contributed by atoms with Gasteiger partial charge in [0.05, 0.1) is 29.3 Å². The summed E-state index contributed by atoms with van der Waals surface area (Å²) in [4.78, 5) is 32.7. The Morgan fingerprint density at radius 2 is 1.63 bits per heavy atom. The summed E-state index contributed by atoms with van der Waals surface area (Å²) in [5.74, 6) is 0.204. The number of hydrogen-bond donors (Lipinski definition) is 0. The van der Waals surface area contributed by atoms with Gasteiger partial charge in [-0.15, -0.1) is 0 Å². The average Bonchev–Trinajstić information content (AvgIpc) is 3.01. The summed E-state index contributed by atoms with van der Waals surface area (Å²) in [6.45, 7) is 5.79. The highest BCUT2D eigenvalue weighted by molar-refractivity contribution is 5.94. The summed E-state index contributed by atoms with van der Waals surface area (Å²) in [7, 11) is 1.35. The highest BCUT2D eigenvalue weighted by Gasteiger charge is 2.21. The Labute approximate surface area is 176 Å². The predicted molar refractivity (Wildman–Crippen MR) is 119 cm³/mol. The monoisotopic (exact) mass is 405 g/mol. The van der Waals surface area contributed by atoms with Crippen LogP contribution in [0.4, 0.5) is 5.95 Å². The van der Waals surface area contributed by atoms with Gasteiger partial charge in [-0.2, -0.15) is 0 Å². The summed E-state index contributed by atoms with van der Waals surface area (Å²) in [6.07, 6.45) is 4.51. The van der Waals surface area contributed by atoms with E-state index in [2.05, 4.69) is 11.0 Å². The number of carbonyl (C=O) groups is 1. The fraction of sp³-hybridized carbons (Fsp3) is 0.375. The second-order valence-corrected chi connectivity index (χ2v) is 8.02. The lowest BCUT2D eigenvalue weighted by molar-refractivity contribution is 0.0601. The van der Waals surface area contributed by atoms with E-state index in [1.807, 2.05) is 26.0 Å². The lowest BCUT2D eigenvalue weighted by Gasteiger charge is -2.25. The number of nitrogens with zero attached hydrogens (tertiary/aromatic N) is 3.